The summed E-state index contributed by atoms with van der Waals surface area (Å²) in [7, 11) is 2.84. The second kappa shape index (κ2) is 8.59. The molecule has 198 valence electrons. The molecule has 4 aromatic rings. The van der Waals surface area contributed by atoms with Crippen LogP contribution in [0.25, 0.3) is 28.4 Å². The number of aromatic nitrogens is 2. The van der Waals surface area contributed by atoms with E-state index in [-0.39, 0.29) is 11.3 Å². The second-order valence-corrected chi connectivity index (χ2v) is 10.1. The summed E-state index contributed by atoms with van der Waals surface area (Å²) in [6.07, 6.45) is 3.09. The van der Waals surface area contributed by atoms with E-state index in [2.05, 4.69) is 0 Å². The fourth-order valence-electron chi connectivity index (χ4n) is 5.98. The van der Waals surface area contributed by atoms with Crippen molar-refractivity contribution in [3.05, 3.63) is 106 Å². The standard InChI is InChI=1S/C32H25N3O5/c1-17-15-22-23(16-18(17)2)34-29-27(33-22)20-10-6-7-11-21(20)32(29)26(30(36)39-4)28(31(37)40-32)35-24-12-8-5-9-19(24)13-14-25(35)38-3/h5-16,25H,1-4H3. The molecule has 1 spiro atoms. The molecule has 2 atom stereocenters. The van der Waals surface area contributed by atoms with Crippen molar-refractivity contribution in [1.29, 1.82) is 0 Å². The van der Waals surface area contributed by atoms with Crippen molar-refractivity contribution in [2.24, 2.45) is 0 Å². The van der Waals surface area contributed by atoms with Gasteiger partial charge in [-0.3, -0.25) is 0 Å². The lowest BCUT2D eigenvalue weighted by Gasteiger charge is -2.34. The zero-order valence-electron chi connectivity index (χ0n) is 22.4. The van der Waals surface area contributed by atoms with Crippen molar-refractivity contribution < 1.29 is 23.8 Å². The number of rotatable bonds is 3. The average Bonchev–Trinajstić information content (AvgIpc) is 3.42. The third kappa shape index (κ3) is 3.11. The zero-order valence-corrected chi connectivity index (χ0v) is 22.4. The van der Waals surface area contributed by atoms with Crippen molar-refractivity contribution in [3.63, 3.8) is 0 Å². The average molecular weight is 532 g/mol. The highest BCUT2D eigenvalue weighted by Gasteiger charge is 2.62. The molecule has 2 aliphatic heterocycles. The van der Waals surface area contributed by atoms with Crippen LogP contribution in [0.15, 0.2) is 78.0 Å². The maximum absolute atomic E-state index is 14.1. The summed E-state index contributed by atoms with van der Waals surface area (Å²) in [5.74, 6) is -1.38. The van der Waals surface area contributed by atoms with Crippen LogP contribution in [-0.2, 0) is 29.4 Å². The van der Waals surface area contributed by atoms with E-state index in [4.69, 9.17) is 24.2 Å². The molecule has 0 saturated heterocycles. The quantitative estimate of drug-likeness (QED) is 0.343. The van der Waals surface area contributed by atoms with Crippen molar-refractivity contribution in [2.45, 2.75) is 25.7 Å². The smallest absolute Gasteiger partial charge is 0.357 e. The predicted molar refractivity (Wildman–Crippen MR) is 149 cm³/mol. The van der Waals surface area contributed by atoms with Crippen LogP contribution in [0.3, 0.4) is 0 Å². The lowest BCUT2D eigenvalue weighted by molar-refractivity contribution is -0.146. The summed E-state index contributed by atoms with van der Waals surface area (Å²) in [4.78, 5) is 39.6. The molecule has 2 unspecified atom stereocenters. The molecular weight excluding hydrogens is 506 g/mol. The van der Waals surface area contributed by atoms with Gasteiger partial charge in [0.25, 0.3) is 0 Å². The molecule has 0 amide bonds. The highest BCUT2D eigenvalue weighted by molar-refractivity contribution is 6.11. The minimum atomic E-state index is -1.65. The van der Waals surface area contributed by atoms with E-state index in [9.17, 15) is 9.59 Å². The van der Waals surface area contributed by atoms with Gasteiger partial charge in [0.2, 0.25) is 5.60 Å². The minimum Gasteiger partial charge on any atom is -0.465 e. The van der Waals surface area contributed by atoms with Gasteiger partial charge in [-0.25, -0.2) is 19.6 Å². The molecule has 40 heavy (non-hydrogen) atoms. The number of ether oxygens (including phenoxy) is 3. The number of para-hydroxylation sites is 1. The van der Waals surface area contributed by atoms with Crippen LogP contribution in [0.4, 0.5) is 5.69 Å². The summed E-state index contributed by atoms with van der Waals surface area (Å²) in [5.41, 5.74) is 5.78. The number of hydrogen-bond acceptors (Lipinski definition) is 8. The summed E-state index contributed by atoms with van der Waals surface area (Å²) in [6.45, 7) is 4.03. The molecule has 3 aliphatic rings. The van der Waals surface area contributed by atoms with Crippen LogP contribution in [-0.4, -0.2) is 42.4 Å². The summed E-state index contributed by atoms with van der Waals surface area (Å²) in [5, 5.41) is 0. The largest absolute Gasteiger partial charge is 0.465 e. The Kier molecular flexibility index (Phi) is 5.21. The van der Waals surface area contributed by atoms with E-state index in [0.717, 1.165) is 27.8 Å². The number of esters is 2. The maximum Gasteiger partial charge on any atom is 0.357 e. The number of carbonyl (C=O) groups is 2. The molecule has 8 heteroatoms. The van der Waals surface area contributed by atoms with Gasteiger partial charge >= 0.3 is 11.9 Å². The first-order valence-electron chi connectivity index (χ1n) is 12.9. The Bertz CT molecular complexity index is 1840. The fraction of sp³-hybridized carbons (Fsp3) is 0.188. The Morgan fingerprint density at radius 3 is 2.42 bits per heavy atom. The maximum atomic E-state index is 14.1. The number of aryl methyl sites for hydroxylation is 2. The molecular formula is C32H25N3O5. The molecule has 7 rings (SSSR count). The van der Waals surface area contributed by atoms with Gasteiger partial charge in [0.1, 0.15) is 17.0 Å². The molecule has 3 heterocycles. The van der Waals surface area contributed by atoms with Crippen LogP contribution in [0.2, 0.25) is 0 Å². The first kappa shape index (κ1) is 24.2. The fourth-order valence-corrected chi connectivity index (χ4v) is 5.98. The monoisotopic (exact) mass is 531 g/mol. The SMILES string of the molecule is COC(=O)C1=C(N2c3ccccc3C=CC2OC)C(=O)OC12c1ccccc1-c1nc3cc(C)c(C)cc3nc12. The second-order valence-electron chi connectivity index (χ2n) is 10.1. The normalized spacial score (nSPS) is 20.6. The first-order valence-corrected chi connectivity index (χ1v) is 12.9. The summed E-state index contributed by atoms with van der Waals surface area (Å²) < 4.78 is 17.4. The third-order valence-electron chi connectivity index (χ3n) is 7.97. The van der Waals surface area contributed by atoms with Gasteiger partial charge in [-0.05, 0) is 54.8 Å². The Balaban J connectivity index is 1.59. The van der Waals surface area contributed by atoms with Gasteiger partial charge in [0.15, 0.2) is 6.23 Å². The van der Waals surface area contributed by atoms with E-state index >= 15 is 0 Å². The molecule has 0 fully saturated rings. The number of hydrogen-bond donors (Lipinski definition) is 0. The van der Waals surface area contributed by atoms with Crippen LogP contribution in [0.1, 0.15) is 27.9 Å². The van der Waals surface area contributed by atoms with Gasteiger partial charge < -0.3 is 19.1 Å². The number of anilines is 1. The lowest BCUT2D eigenvalue weighted by atomic mass is 9.86. The minimum absolute atomic E-state index is 0.0378. The zero-order chi connectivity index (χ0) is 27.8. The highest BCUT2D eigenvalue weighted by atomic mass is 16.6. The third-order valence-corrected chi connectivity index (χ3v) is 7.97. The molecule has 1 aliphatic carbocycles. The molecule has 8 nitrogen and oxygen atoms in total. The van der Waals surface area contributed by atoms with Gasteiger partial charge in [-0.15, -0.1) is 0 Å². The van der Waals surface area contributed by atoms with Gasteiger partial charge in [0, 0.05) is 18.2 Å². The molecule has 1 aromatic heterocycles. The lowest BCUT2D eigenvalue weighted by Crippen LogP contribution is -2.40. The predicted octanol–water partition coefficient (Wildman–Crippen LogP) is 4.96. The number of methoxy groups -OCH3 is 2. The molecule has 3 aromatic carbocycles. The van der Waals surface area contributed by atoms with Gasteiger partial charge in [0.05, 0.1) is 29.5 Å². The first-order chi connectivity index (χ1) is 19.4. The van der Waals surface area contributed by atoms with Gasteiger partial charge in [-0.1, -0.05) is 48.5 Å². The van der Waals surface area contributed by atoms with E-state index in [1.54, 1.807) is 12.0 Å². The Labute approximate surface area is 230 Å². The summed E-state index contributed by atoms with van der Waals surface area (Å²) >= 11 is 0. The van der Waals surface area contributed by atoms with E-state index in [1.165, 1.54) is 7.11 Å². The topological polar surface area (TPSA) is 90.8 Å². The Morgan fingerprint density at radius 1 is 0.975 bits per heavy atom. The summed E-state index contributed by atoms with van der Waals surface area (Å²) in [6, 6.07) is 19.0. The number of benzene rings is 3. The molecule has 0 saturated carbocycles. The molecule has 0 radical (unpaired) electrons. The Morgan fingerprint density at radius 2 is 1.68 bits per heavy atom. The Hall–Kier alpha value is -4.82. The van der Waals surface area contributed by atoms with Crippen molar-refractivity contribution in [2.75, 3.05) is 19.1 Å². The van der Waals surface area contributed by atoms with Crippen LogP contribution in [0.5, 0.6) is 0 Å². The number of fused-ring (bicyclic) bond motifs is 7. The van der Waals surface area contributed by atoms with Crippen LogP contribution < -0.4 is 4.90 Å². The molecule has 0 bridgehead atoms. The van der Waals surface area contributed by atoms with Crippen molar-refractivity contribution >= 4 is 34.7 Å². The molecule has 0 N–H and O–H groups in total. The van der Waals surface area contributed by atoms with Crippen LogP contribution in [0, 0.1) is 13.8 Å². The van der Waals surface area contributed by atoms with E-state index < -0.39 is 23.8 Å². The highest BCUT2D eigenvalue weighted by Crippen LogP contribution is 2.57. The van der Waals surface area contributed by atoms with Gasteiger partial charge in [-0.2, -0.15) is 0 Å². The van der Waals surface area contributed by atoms with E-state index in [1.807, 2.05) is 86.7 Å². The number of nitrogens with zero attached hydrogens (tertiary/aromatic N) is 3. The number of carbonyl (C=O) groups excluding carboxylic acids is 2. The van der Waals surface area contributed by atoms with Crippen LogP contribution >= 0.6 is 0 Å². The van der Waals surface area contributed by atoms with Crippen molar-refractivity contribution in [1.82, 2.24) is 9.97 Å². The van der Waals surface area contributed by atoms with E-state index in [0.29, 0.717) is 28.2 Å². The van der Waals surface area contributed by atoms with Crippen molar-refractivity contribution in [3.8, 4) is 11.3 Å².